The van der Waals surface area contributed by atoms with E-state index in [1.165, 1.54) is 6.07 Å². The van der Waals surface area contributed by atoms with Gasteiger partial charge < -0.3 is 4.42 Å². The van der Waals surface area contributed by atoms with Gasteiger partial charge in [0.25, 0.3) is 0 Å². The zero-order chi connectivity index (χ0) is 9.68. The Morgan fingerprint density at radius 2 is 1.69 bits per heavy atom. The lowest BCUT2D eigenvalue weighted by atomic mass is 10.2. The highest BCUT2D eigenvalue weighted by atomic mass is 16.4. The molecule has 64 valence electrons. The summed E-state index contributed by atoms with van der Waals surface area (Å²) >= 11 is 0. The SMILES string of the molecule is C#C.O=c1ccc2ccccc2o1. The molecule has 0 amide bonds. The van der Waals surface area contributed by atoms with Crippen LogP contribution in [0.1, 0.15) is 0 Å². The van der Waals surface area contributed by atoms with E-state index in [9.17, 15) is 4.79 Å². The molecule has 2 aromatic rings. The van der Waals surface area contributed by atoms with Crippen molar-refractivity contribution in [2.24, 2.45) is 0 Å². The average molecular weight is 172 g/mol. The first-order valence-electron chi connectivity index (χ1n) is 3.68. The standard InChI is InChI=1S/C9H6O2.C2H2/c10-9-6-5-7-3-1-2-4-8(7)11-9;1-2/h1-6H;1-2H. The average Bonchev–Trinajstić information content (AvgIpc) is 2.21. The molecule has 0 radical (unpaired) electrons. The van der Waals surface area contributed by atoms with Crippen LogP contribution in [-0.2, 0) is 0 Å². The fourth-order valence-corrected chi connectivity index (χ4v) is 1.01. The van der Waals surface area contributed by atoms with Crippen LogP contribution in [-0.4, -0.2) is 0 Å². The van der Waals surface area contributed by atoms with E-state index in [0.717, 1.165) is 5.39 Å². The van der Waals surface area contributed by atoms with Gasteiger partial charge in [-0.3, -0.25) is 0 Å². The number of hydrogen-bond donors (Lipinski definition) is 0. The highest BCUT2D eigenvalue weighted by Crippen LogP contribution is 2.08. The topological polar surface area (TPSA) is 30.2 Å². The summed E-state index contributed by atoms with van der Waals surface area (Å²) in [5, 5.41) is 0.951. The molecule has 0 fully saturated rings. The molecular formula is C11H8O2. The molecule has 0 aliphatic carbocycles. The van der Waals surface area contributed by atoms with Gasteiger partial charge in [0.15, 0.2) is 0 Å². The third-order valence-electron chi connectivity index (χ3n) is 1.53. The van der Waals surface area contributed by atoms with Crippen molar-refractivity contribution in [3.8, 4) is 12.8 Å². The van der Waals surface area contributed by atoms with Crippen molar-refractivity contribution in [2.45, 2.75) is 0 Å². The fraction of sp³-hybridized carbons (Fsp3) is 0. The van der Waals surface area contributed by atoms with E-state index in [0.29, 0.717) is 5.58 Å². The van der Waals surface area contributed by atoms with E-state index in [2.05, 4.69) is 12.8 Å². The first-order chi connectivity index (χ1) is 6.36. The van der Waals surface area contributed by atoms with Crippen LogP contribution < -0.4 is 5.63 Å². The molecule has 0 unspecified atom stereocenters. The minimum Gasteiger partial charge on any atom is -0.423 e. The van der Waals surface area contributed by atoms with E-state index >= 15 is 0 Å². The summed E-state index contributed by atoms with van der Waals surface area (Å²) in [6.45, 7) is 0. The number of benzene rings is 1. The van der Waals surface area contributed by atoms with Crippen molar-refractivity contribution >= 4 is 11.0 Å². The lowest BCUT2D eigenvalue weighted by Gasteiger charge is -1.91. The number of hydrogen-bond acceptors (Lipinski definition) is 2. The molecule has 0 bridgehead atoms. The summed E-state index contributed by atoms with van der Waals surface area (Å²) in [6.07, 6.45) is 8.00. The van der Waals surface area contributed by atoms with Crippen LogP contribution in [0, 0.1) is 12.8 Å². The molecule has 0 aliphatic heterocycles. The van der Waals surface area contributed by atoms with Gasteiger partial charge in [-0.2, -0.15) is 0 Å². The maximum Gasteiger partial charge on any atom is 0.336 e. The lowest BCUT2D eigenvalue weighted by Crippen LogP contribution is -1.93. The molecule has 0 aliphatic rings. The zero-order valence-corrected chi connectivity index (χ0v) is 6.94. The molecule has 0 N–H and O–H groups in total. The Morgan fingerprint density at radius 3 is 2.46 bits per heavy atom. The summed E-state index contributed by atoms with van der Waals surface area (Å²) in [4.78, 5) is 10.7. The van der Waals surface area contributed by atoms with Gasteiger partial charge in [-0.25, -0.2) is 4.79 Å². The van der Waals surface area contributed by atoms with Crippen LogP contribution >= 0.6 is 0 Å². The summed E-state index contributed by atoms with van der Waals surface area (Å²) in [5.41, 5.74) is 0.337. The Morgan fingerprint density at radius 1 is 1.00 bits per heavy atom. The molecule has 0 saturated heterocycles. The minimum absolute atomic E-state index is 0.302. The largest absolute Gasteiger partial charge is 0.423 e. The van der Waals surface area contributed by atoms with Gasteiger partial charge in [0.1, 0.15) is 5.58 Å². The van der Waals surface area contributed by atoms with E-state index in [-0.39, 0.29) is 5.63 Å². The Hall–Kier alpha value is -2.01. The maximum absolute atomic E-state index is 10.7. The highest BCUT2D eigenvalue weighted by molar-refractivity contribution is 5.75. The van der Waals surface area contributed by atoms with E-state index in [4.69, 9.17) is 4.42 Å². The Bertz CT molecular complexity index is 466. The summed E-state index contributed by atoms with van der Waals surface area (Å²) in [5.74, 6) is 0. The predicted octanol–water partition coefficient (Wildman–Crippen LogP) is 2.04. The van der Waals surface area contributed by atoms with Crippen LogP contribution in [0.2, 0.25) is 0 Å². The van der Waals surface area contributed by atoms with Crippen LogP contribution in [0.5, 0.6) is 0 Å². The van der Waals surface area contributed by atoms with E-state index in [1.54, 1.807) is 12.1 Å². The smallest absolute Gasteiger partial charge is 0.336 e. The normalized spacial score (nSPS) is 8.77. The number of terminal acetylenes is 1. The molecule has 1 aromatic carbocycles. The second kappa shape index (κ2) is 4.13. The highest BCUT2D eigenvalue weighted by Gasteiger charge is 1.92. The second-order valence-corrected chi connectivity index (χ2v) is 2.29. The van der Waals surface area contributed by atoms with Crippen molar-refractivity contribution in [2.75, 3.05) is 0 Å². The van der Waals surface area contributed by atoms with Crippen LogP contribution in [0.25, 0.3) is 11.0 Å². The third kappa shape index (κ3) is 1.97. The summed E-state index contributed by atoms with van der Waals surface area (Å²) in [7, 11) is 0. The molecular weight excluding hydrogens is 164 g/mol. The quantitative estimate of drug-likeness (QED) is 0.449. The first-order valence-corrected chi connectivity index (χ1v) is 3.68. The van der Waals surface area contributed by atoms with Crippen LogP contribution in [0.3, 0.4) is 0 Å². The predicted molar refractivity (Wildman–Crippen MR) is 52.4 cm³/mol. The molecule has 1 aromatic heterocycles. The molecule has 0 saturated carbocycles. The van der Waals surface area contributed by atoms with Crippen molar-refractivity contribution in [1.82, 2.24) is 0 Å². The third-order valence-corrected chi connectivity index (χ3v) is 1.53. The monoisotopic (exact) mass is 172 g/mol. The minimum atomic E-state index is -0.302. The van der Waals surface area contributed by atoms with E-state index in [1.807, 2.05) is 18.2 Å². The Kier molecular flexibility index (Phi) is 2.88. The summed E-state index contributed by atoms with van der Waals surface area (Å²) < 4.78 is 4.91. The van der Waals surface area contributed by atoms with Gasteiger partial charge in [-0.05, 0) is 12.1 Å². The molecule has 13 heavy (non-hydrogen) atoms. The zero-order valence-electron chi connectivity index (χ0n) is 6.94. The van der Waals surface area contributed by atoms with Crippen LogP contribution in [0.4, 0.5) is 0 Å². The molecule has 2 nitrogen and oxygen atoms in total. The van der Waals surface area contributed by atoms with Gasteiger partial charge in [-0.15, -0.1) is 12.8 Å². The molecule has 2 rings (SSSR count). The van der Waals surface area contributed by atoms with Gasteiger partial charge >= 0.3 is 5.63 Å². The second-order valence-electron chi connectivity index (χ2n) is 2.29. The molecule has 1 heterocycles. The maximum atomic E-state index is 10.7. The first kappa shape index (κ1) is 9.08. The van der Waals surface area contributed by atoms with Gasteiger partial charge in [-0.1, -0.05) is 18.2 Å². The molecule has 0 spiro atoms. The summed E-state index contributed by atoms with van der Waals surface area (Å²) in [6, 6.07) is 10.6. The number of rotatable bonds is 0. The van der Waals surface area contributed by atoms with Crippen molar-refractivity contribution in [3.05, 3.63) is 46.8 Å². The van der Waals surface area contributed by atoms with Gasteiger partial charge in [0.05, 0.1) is 0 Å². The molecule has 2 heteroatoms. The number of para-hydroxylation sites is 1. The van der Waals surface area contributed by atoms with Crippen molar-refractivity contribution < 1.29 is 4.42 Å². The fourth-order valence-electron chi connectivity index (χ4n) is 1.01. The number of fused-ring (bicyclic) bond motifs is 1. The van der Waals surface area contributed by atoms with E-state index < -0.39 is 0 Å². The Labute approximate surface area is 75.8 Å². The van der Waals surface area contributed by atoms with Gasteiger partial charge in [0, 0.05) is 11.5 Å². The lowest BCUT2D eigenvalue weighted by molar-refractivity contribution is 0.561. The van der Waals surface area contributed by atoms with Gasteiger partial charge in [0.2, 0.25) is 0 Å². The van der Waals surface area contributed by atoms with Crippen LogP contribution in [0.15, 0.2) is 45.6 Å². The van der Waals surface area contributed by atoms with Crippen molar-refractivity contribution in [1.29, 1.82) is 0 Å². The Balaban J connectivity index is 0.000000396. The van der Waals surface area contributed by atoms with Crippen molar-refractivity contribution in [3.63, 3.8) is 0 Å². The molecule has 0 atom stereocenters.